The molecule has 11 heteroatoms. The van der Waals surface area contributed by atoms with Crippen LogP contribution in [0.3, 0.4) is 0 Å². The van der Waals surface area contributed by atoms with Gasteiger partial charge in [0.1, 0.15) is 17.3 Å². The number of hydrogen-bond donors (Lipinski definition) is 1. The lowest BCUT2D eigenvalue weighted by Crippen LogP contribution is -2.51. The molecular formula is C23H20F4N2O5. The van der Waals surface area contributed by atoms with E-state index >= 15 is 0 Å². The van der Waals surface area contributed by atoms with E-state index in [0.29, 0.717) is 0 Å². The van der Waals surface area contributed by atoms with Crippen LogP contribution in [0.4, 0.5) is 17.6 Å². The molecule has 0 spiro atoms. The van der Waals surface area contributed by atoms with Crippen molar-refractivity contribution < 1.29 is 41.0 Å². The lowest BCUT2D eigenvalue weighted by molar-refractivity contribution is -0.274. The van der Waals surface area contributed by atoms with Crippen molar-refractivity contribution in [1.82, 2.24) is 10.4 Å². The minimum absolute atomic E-state index is 0.0125. The number of para-hydroxylation sites is 1. The SMILES string of the molecule is CC(C)N(NC(=O)c1ccco1)C(=O)COc1ccc(F)cc1-c1ccccc1OC(F)(F)F. The maximum absolute atomic E-state index is 14.0. The maximum atomic E-state index is 14.0. The van der Waals surface area contributed by atoms with E-state index in [2.05, 4.69) is 10.2 Å². The number of nitrogens with zero attached hydrogens (tertiary/aromatic N) is 1. The summed E-state index contributed by atoms with van der Waals surface area (Å²) in [6.45, 7) is 2.69. The van der Waals surface area contributed by atoms with E-state index in [1.54, 1.807) is 13.8 Å². The summed E-state index contributed by atoms with van der Waals surface area (Å²) in [5.41, 5.74) is 2.27. The topological polar surface area (TPSA) is 81.0 Å². The highest BCUT2D eigenvalue weighted by molar-refractivity contribution is 5.93. The summed E-state index contributed by atoms with van der Waals surface area (Å²) in [5, 5.41) is 1.02. The summed E-state index contributed by atoms with van der Waals surface area (Å²) in [6, 6.07) is 10.8. The fraction of sp³-hybridized carbons (Fsp3) is 0.217. The third-order valence-electron chi connectivity index (χ3n) is 4.45. The van der Waals surface area contributed by atoms with Crippen LogP contribution < -0.4 is 14.9 Å². The molecule has 2 aromatic carbocycles. The van der Waals surface area contributed by atoms with Crippen LogP contribution in [0.1, 0.15) is 24.4 Å². The average Bonchev–Trinajstić information content (AvgIpc) is 3.30. The molecule has 0 saturated carbocycles. The van der Waals surface area contributed by atoms with Gasteiger partial charge in [0.25, 0.3) is 5.91 Å². The summed E-state index contributed by atoms with van der Waals surface area (Å²) in [6.07, 6.45) is -3.67. The van der Waals surface area contributed by atoms with Crippen molar-refractivity contribution in [2.45, 2.75) is 26.3 Å². The molecule has 34 heavy (non-hydrogen) atoms. The Kier molecular flexibility index (Phi) is 7.44. The highest BCUT2D eigenvalue weighted by atomic mass is 19.4. The van der Waals surface area contributed by atoms with E-state index in [-0.39, 0.29) is 22.6 Å². The molecule has 0 radical (unpaired) electrons. The normalized spacial score (nSPS) is 11.3. The fourth-order valence-electron chi connectivity index (χ4n) is 3.00. The Morgan fingerprint density at radius 2 is 1.76 bits per heavy atom. The molecule has 0 bridgehead atoms. The van der Waals surface area contributed by atoms with Crippen LogP contribution in [0, 0.1) is 5.82 Å². The van der Waals surface area contributed by atoms with Gasteiger partial charge in [-0.05, 0) is 50.2 Å². The van der Waals surface area contributed by atoms with Gasteiger partial charge in [-0.3, -0.25) is 15.0 Å². The zero-order chi connectivity index (χ0) is 24.9. The lowest BCUT2D eigenvalue weighted by atomic mass is 10.0. The number of amides is 2. The Hall–Kier alpha value is -4.02. The predicted octanol–water partition coefficient (Wildman–Crippen LogP) is 4.95. The largest absolute Gasteiger partial charge is 0.573 e. The van der Waals surface area contributed by atoms with Gasteiger partial charge in [0, 0.05) is 17.2 Å². The smallest absolute Gasteiger partial charge is 0.483 e. The number of rotatable bonds is 7. The zero-order valence-electron chi connectivity index (χ0n) is 18.1. The molecule has 1 aromatic heterocycles. The molecule has 0 atom stereocenters. The van der Waals surface area contributed by atoms with Crippen LogP contribution in [0.2, 0.25) is 0 Å². The van der Waals surface area contributed by atoms with Crippen molar-refractivity contribution in [3.05, 3.63) is 72.4 Å². The number of ether oxygens (including phenoxy) is 2. The number of nitrogens with one attached hydrogen (secondary N) is 1. The van der Waals surface area contributed by atoms with Crippen molar-refractivity contribution in [2.75, 3.05) is 6.61 Å². The molecule has 2 amide bonds. The molecule has 1 N–H and O–H groups in total. The van der Waals surface area contributed by atoms with E-state index in [9.17, 15) is 27.2 Å². The second-order valence-corrected chi connectivity index (χ2v) is 7.25. The average molecular weight is 480 g/mol. The molecule has 0 aliphatic rings. The monoisotopic (exact) mass is 480 g/mol. The Bertz CT molecular complexity index is 1150. The molecule has 0 aliphatic heterocycles. The van der Waals surface area contributed by atoms with Gasteiger partial charge < -0.3 is 13.9 Å². The number of furan rings is 1. The van der Waals surface area contributed by atoms with Gasteiger partial charge in [-0.15, -0.1) is 13.2 Å². The summed E-state index contributed by atoms with van der Waals surface area (Å²) in [5.74, 6) is -2.69. The van der Waals surface area contributed by atoms with Gasteiger partial charge in [0.05, 0.1) is 6.26 Å². The van der Waals surface area contributed by atoms with Gasteiger partial charge in [0.2, 0.25) is 0 Å². The van der Waals surface area contributed by atoms with E-state index in [0.717, 1.165) is 23.2 Å². The van der Waals surface area contributed by atoms with E-state index < -0.39 is 42.4 Å². The number of benzene rings is 2. The Balaban J connectivity index is 1.82. The number of hydrazine groups is 1. The van der Waals surface area contributed by atoms with Crippen molar-refractivity contribution in [3.63, 3.8) is 0 Å². The molecule has 0 fully saturated rings. The molecule has 0 aliphatic carbocycles. The molecule has 180 valence electrons. The van der Waals surface area contributed by atoms with Crippen molar-refractivity contribution in [2.24, 2.45) is 0 Å². The Morgan fingerprint density at radius 1 is 1.03 bits per heavy atom. The summed E-state index contributed by atoms with van der Waals surface area (Å²) >= 11 is 0. The summed E-state index contributed by atoms with van der Waals surface area (Å²) < 4.78 is 67.0. The lowest BCUT2D eigenvalue weighted by Gasteiger charge is -2.26. The van der Waals surface area contributed by atoms with Crippen molar-refractivity contribution >= 4 is 11.8 Å². The first-order chi connectivity index (χ1) is 16.0. The van der Waals surface area contributed by atoms with E-state index in [4.69, 9.17) is 9.15 Å². The van der Waals surface area contributed by atoms with Crippen molar-refractivity contribution in [1.29, 1.82) is 0 Å². The van der Waals surface area contributed by atoms with Crippen molar-refractivity contribution in [3.8, 4) is 22.6 Å². The van der Waals surface area contributed by atoms with Crippen LogP contribution >= 0.6 is 0 Å². The second-order valence-electron chi connectivity index (χ2n) is 7.25. The first-order valence-corrected chi connectivity index (χ1v) is 9.99. The third kappa shape index (κ3) is 6.27. The van der Waals surface area contributed by atoms with E-state index in [1.807, 2.05) is 0 Å². The van der Waals surface area contributed by atoms with Crippen LogP contribution in [0.25, 0.3) is 11.1 Å². The standard InChI is InChI=1S/C23H20F4N2O5/c1-14(2)29(28-22(31)20-8-5-11-32-20)21(30)13-33-18-10-9-15(24)12-17(18)16-6-3-4-7-19(16)34-23(25,26)27/h3-12,14H,13H2,1-2H3,(H,28,31). The number of carbonyl (C=O) groups excluding carboxylic acids is 2. The van der Waals surface area contributed by atoms with Crippen LogP contribution in [0.5, 0.6) is 11.5 Å². The third-order valence-corrected chi connectivity index (χ3v) is 4.45. The predicted molar refractivity (Wildman–Crippen MR) is 112 cm³/mol. The highest BCUT2D eigenvalue weighted by Gasteiger charge is 2.32. The van der Waals surface area contributed by atoms with Gasteiger partial charge in [-0.25, -0.2) is 9.40 Å². The molecule has 0 saturated heterocycles. The molecule has 0 unspecified atom stereocenters. The van der Waals surface area contributed by atoms with E-state index in [1.165, 1.54) is 42.7 Å². The number of alkyl halides is 3. The van der Waals surface area contributed by atoms with Crippen LogP contribution in [0.15, 0.2) is 65.3 Å². The van der Waals surface area contributed by atoms with Gasteiger partial charge >= 0.3 is 12.3 Å². The van der Waals surface area contributed by atoms with Crippen LogP contribution in [-0.4, -0.2) is 35.8 Å². The Labute approximate surface area is 191 Å². The van der Waals surface area contributed by atoms with Gasteiger partial charge in [-0.1, -0.05) is 18.2 Å². The second kappa shape index (κ2) is 10.3. The maximum Gasteiger partial charge on any atom is 0.573 e. The highest BCUT2D eigenvalue weighted by Crippen LogP contribution is 2.39. The summed E-state index contributed by atoms with van der Waals surface area (Å²) in [7, 11) is 0. The molecule has 3 rings (SSSR count). The zero-order valence-corrected chi connectivity index (χ0v) is 18.1. The number of halogens is 4. The quantitative estimate of drug-likeness (QED) is 0.383. The van der Waals surface area contributed by atoms with Crippen LogP contribution in [-0.2, 0) is 4.79 Å². The molecular weight excluding hydrogens is 460 g/mol. The molecule has 1 heterocycles. The first-order valence-electron chi connectivity index (χ1n) is 9.99. The van der Waals surface area contributed by atoms with Gasteiger partial charge in [0.15, 0.2) is 12.4 Å². The molecule has 3 aromatic rings. The minimum Gasteiger partial charge on any atom is -0.483 e. The number of carbonyl (C=O) groups is 2. The Morgan fingerprint density at radius 3 is 2.41 bits per heavy atom. The first kappa shape index (κ1) is 24.6. The van der Waals surface area contributed by atoms with Gasteiger partial charge in [-0.2, -0.15) is 0 Å². The minimum atomic E-state index is -4.97. The summed E-state index contributed by atoms with van der Waals surface area (Å²) in [4.78, 5) is 25.0. The molecule has 7 nitrogen and oxygen atoms in total. The fourth-order valence-corrected chi connectivity index (χ4v) is 3.00. The number of hydrogen-bond acceptors (Lipinski definition) is 5.